The van der Waals surface area contributed by atoms with E-state index in [1.165, 1.54) is 0 Å². The van der Waals surface area contributed by atoms with Crippen molar-refractivity contribution in [2.24, 2.45) is 0 Å². The van der Waals surface area contributed by atoms with E-state index in [0.717, 1.165) is 17.1 Å². The van der Waals surface area contributed by atoms with Crippen LogP contribution < -0.4 is 9.64 Å². The number of halogens is 1. The van der Waals surface area contributed by atoms with Gasteiger partial charge in [0.2, 0.25) is 0 Å². The Kier molecular flexibility index (Phi) is 4.05. The van der Waals surface area contributed by atoms with E-state index in [2.05, 4.69) is 9.88 Å². The highest BCUT2D eigenvalue weighted by Crippen LogP contribution is 2.21. The number of hydrogen-bond donors (Lipinski definition) is 0. The van der Waals surface area contributed by atoms with E-state index < -0.39 is 0 Å². The lowest BCUT2D eigenvalue weighted by Crippen LogP contribution is -2.17. The van der Waals surface area contributed by atoms with Gasteiger partial charge in [-0.1, -0.05) is 17.7 Å². The molecule has 1 aromatic heterocycles. The predicted octanol–water partition coefficient (Wildman–Crippen LogP) is 3.38. The molecule has 0 bridgehead atoms. The largest absolute Gasteiger partial charge is 0.497 e. The van der Waals surface area contributed by atoms with Gasteiger partial charge >= 0.3 is 0 Å². The summed E-state index contributed by atoms with van der Waals surface area (Å²) < 4.78 is 5.21. The molecule has 0 aliphatic rings. The highest BCUT2D eigenvalue weighted by atomic mass is 35.5. The Morgan fingerprint density at radius 3 is 2.83 bits per heavy atom. The van der Waals surface area contributed by atoms with Crippen molar-refractivity contribution < 1.29 is 4.74 Å². The maximum Gasteiger partial charge on any atom is 0.120 e. The fraction of sp³-hybridized carbons (Fsp3) is 0.214. The Bertz CT molecular complexity index is 531. The molecular weight excluding hydrogens is 248 g/mol. The number of nitrogens with zero attached hydrogens (tertiary/aromatic N) is 2. The highest BCUT2D eigenvalue weighted by molar-refractivity contribution is 6.30. The smallest absolute Gasteiger partial charge is 0.120 e. The van der Waals surface area contributed by atoms with Crippen LogP contribution in [0.5, 0.6) is 5.75 Å². The predicted molar refractivity (Wildman–Crippen MR) is 74.3 cm³/mol. The normalized spacial score (nSPS) is 10.2. The summed E-state index contributed by atoms with van der Waals surface area (Å²) in [7, 11) is 3.68. The Hall–Kier alpha value is -1.74. The van der Waals surface area contributed by atoms with Gasteiger partial charge in [0, 0.05) is 30.0 Å². The van der Waals surface area contributed by atoms with Gasteiger partial charge in [-0.25, -0.2) is 0 Å². The summed E-state index contributed by atoms with van der Waals surface area (Å²) in [5.74, 6) is 0.846. The molecule has 0 aliphatic heterocycles. The van der Waals surface area contributed by atoms with Gasteiger partial charge in [0.25, 0.3) is 0 Å². The molecule has 0 amide bonds. The SMILES string of the molecule is COc1cccc(N(C)Cc2cc(Cl)ccn2)c1. The van der Waals surface area contributed by atoms with Crippen molar-refractivity contribution >= 4 is 17.3 Å². The minimum atomic E-state index is 0.702. The fourth-order valence-electron chi connectivity index (χ4n) is 1.72. The first-order chi connectivity index (χ1) is 8.69. The molecule has 2 rings (SSSR count). The van der Waals surface area contributed by atoms with Crippen LogP contribution in [0.2, 0.25) is 5.02 Å². The van der Waals surface area contributed by atoms with Gasteiger partial charge in [-0.3, -0.25) is 4.98 Å². The molecule has 0 N–H and O–H groups in total. The van der Waals surface area contributed by atoms with Crippen molar-refractivity contribution in [1.29, 1.82) is 0 Å². The minimum absolute atomic E-state index is 0.702. The first kappa shape index (κ1) is 12.7. The average molecular weight is 263 g/mol. The summed E-state index contributed by atoms with van der Waals surface area (Å²) in [6.45, 7) is 0.702. The van der Waals surface area contributed by atoms with E-state index in [-0.39, 0.29) is 0 Å². The van der Waals surface area contributed by atoms with Crippen LogP contribution in [0.4, 0.5) is 5.69 Å². The molecule has 0 spiro atoms. The van der Waals surface area contributed by atoms with Crippen LogP contribution in [0.25, 0.3) is 0 Å². The molecule has 18 heavy (non-hydrogen) atoms. The lowest BCUT2D eigenvalue weighted by Gasteiger charge is -2.19. The van der Waals surface area contributed by atoms with Crippen LogP contribution in [-0.2, 0) is 6.54 Å². The third-order valence-electron chi connectivity index (χ3n) is 2.67. The zero-order valence-electron chi connectivity index (χ0n) is 10.4. The second-order valence-corrected chi connectivity index (χ2v) is 4.46. The van der Waals surface area contributed by atoms with Crippen LogP contribution >= 0.6 is 11.6 Å². The molecule has 1 aromatic carbocycles. The summed E-state index contributed by atoms with van der Waals surface area (Å²) in [5, 5.41) is 0.707. The van der Waals surface area contributed by atoms with Crippen LogP contribution in [0.1, 0.15) is 5.69 Å². The molecular formula is C14H15ClN2O. The highest BCUT2D eigenvalue weighted by Gasteiger charge is 2.04. The number of hydrogen-bond acceptors (Lipinski definition) is 3. The number of pyridine rings is 1. The first-order valence-electron chi connectivity index (χ1n) is 5.64. The molecule has 1 heterocycles. The summed E-state index contributed by atoms with van der Waals surface area (Å²) in [5.41, 5.74) is 2.02. The Morgan fingerprint density at radius 1 is 1.28 bits per heavy atom. The van der Waals surface area contributed by atoms with Gasteiger partial charge in [-0.15, -0.1) is 0 Å². The van der Waals surface area contributed by atoms with E-state index in [0.29, 0.717) is 11.6 Å². The molecule has 0 atom stereocenters. The lowest BCUT2D eigenvalue weighted by atomic mass is 10.2. The molecule has 0 aliphatic carbocycles. The Labute approximate surface area is 112 Å². The van der Waals surface area contributed by atoms with Crippen molar-refractivity contribution in [2.45, 2.75) is 6.54 Å². The summed E-state index contributed by atoms with van der Waals surface area (Å²) in [6, 6.07) is 11.6. The first-order valence-corrected chi connectivity index (χ1v) is 6.02. The van der Waals surface area contributed by atoms with Crippen LogP contribution in [0.15, 0.2) is 42.6 Å². The van der Waals surface area contributed by atoms with Crippen molar-refractivity contribution in [3.8, 4) is 5.75 Å². The van der Waals surface area contributed by atoms with Crippen LogP contribution in [0.3, 0.4) is 0 Å². The number of aromatic nitrogens is 1. The summed E-state index contributed by atoms with van der Waals surface area (Å²) in [6.07, 6.45) is 1.72. The minimum Gasteiger partial charge on any atom is -0.497 e. The van der Waals surface area contributed by atoms with Crippen molar-refractivity contribution in [1.82, 2.24) is 4.98 Å². The van der Waals surface area contributed by atoms with Crippen LogP contribution in [-0.4, -0.2) is 19.1 Å². The van der Waals surface area contributed by atoms with E-state index in [1.807, 2.05) is 37.4 Å². The van der Waals surface area contributed by atoms with Gasteiger partial charge in [0.05, 0.1) is 19.3 Å². The zero-order chi connectivity index (χ0) is 13.0. The average Bonchev–Trinajstić information content (AvgIpc) is 2.39. The van der Waals surface area contributed by atoms with Crippen molar-refractivity contribution in [3.05, 3.63) is 53.3 Å². The molecule has 94 valence electrons. The zero-order valence-corrected chi connectivity index (χ0v) is 11.2. The van der Waals surface area contributed by atoms with Crippen LogP contribution in [0, 0.1) is 0 Å². The second kappa shape index (κ2) is 5.74. The van der Waals surface area contributed by atoms with Gasteiger partial charge < -0.3 is 9.64 Å². The molecule has 0 saturated carbocycles. The molecule has 3 nitrogen and oxygen atoms in total. The van der Waals surface area contributed by atoms with Gasteiger partial charge in [-0.05, 0) is 24.3 Å². The van der Waals surface area contributed by atoms with E-state index in [4.69, 9.17) is 16.3 Å². The standard InChI is InChI=1S/C14H15ClN2O/c1-17(10-12-8-11(15)6-7-16-12)13-4-3-5-14(9-13)18-2/h3-9H,10H2,1-2H3. The van der Waals surface area contributed by atoms with Gasteiger partial charge in [-0.2, -0.15) is 0 Å². The maximum absolute atomic E-state index is 5.94. The number of methoxy groups -OCH3 is 1. The molecule has 0 fully saturated rings. The Morgan fingerprint density at radius 2 is 2.11 bits per heavy atom. The third kappa shape index (κ3) is 3.14. The number of ether oxygens (including phenoxy) is 1. The monoisotopic (exact) mass is 262 g/mol. The molecule has 0 unspecified atom stereocenters. The van der Waals surface area contributed by atoms with Crippen molar-refractivity contribution in [2.75, 3.05) is 19.1 Å². The molecule has 0 radical (unpaired) electrons. The van der Waals surface area contributed by atoms with E-state index in [9.17, 15) is 0 Å². The third-order valence-corrected chi connectivity index (χ3v) is 2.91. The van der Waals surface area contributed by atoms with Gasteiger partial charge in [0.15, 0.2) is 0 Å². The fourth-order valence-corrected chi connectivity index (χ4v) is 1.90. The van der Waals surface area contributed by atoms with Crippen molar-refractivity contribution in [3.63, 3.8) is 0 Å². The topological polar surface area (TPSA) is 25.4 Å². The maximum atomic E-state index is 5.94. The van der Waals surface area contributed by atoms with E-state index >= 15 is 0 Å². The number of rotatable bonds is 4. The number of benzene rings is 1. The quantitative estimate of drug-likeness (QED) is 0.845. The molecule has 0 saturated heterocycles. The van der Waals surface area contributed by atoms with Gasteiger partial charge in [0.1, 0.15) is 5.75 Å². The molecule has 4 heteroatoms. The van der Waals surface area contributed by atoms with E-state index in [1.54, 1.807) is 19.4 Å². The molecule has 2 aromatic rings. The summed E-state index contributed by atoms with van der Waals surface area (Å²) in [4.78, 5) is 6.39. The Balaban J connectivity index is 2.13. The summed E-state index contributed by atoms with van der Waals surface area (Å²) >= 11 is 5.94. The second-order valence-electron chi connectivity index (χ2n) is 4.02. The lowest BCUT2D eigenvalue weighted by molar-refractivity contribution is 0.415. The number of anilines is 1.